The van der Waals surface area contributed by atoms with Gasteiger partial charge in [-0.25, -0.2) is 4.39 Å². The van der Waals surface area contributed by atoms with Gasteiger partial charge in [-0.3, -0.25) is 0 Å². The molecule has 0 spiro atoms. The molecule has 0 aliphatic rings. The van der Waals surface area contributed by atoms with Crippen molar-refractivity contribution in [3.05, 3.63) is 26.8 Å². The van der Waals surface area contributed by atoms with Crippen LogP contribution in [0.4, 0.5) is 10.1 Å². The van der Waals surface area contributed by atoms with Crippen LogP contribution in [0.25, 0.3) is 0 Å². The lowest BCUT2D eigenvalue weighted by atomic mass is 10.3. The molecule has 0 amide bonds. The molecule has 10 heavy (non-hydrogen) atoms. The third-order valence-corrected chi connectivity index (χ3v) is 1.93. The predicted octanol–water partition coefficient (Wildman–Crippen LogP) is 2.93. The number of nitrogen functional groups attached to an aromatic ring is 1. The van der Waals surface area contributed by atoms with Crippen molar-refractivity contribution < 1.29 is 7.13 Å². The number of halogens is 3. The van der Waals surface area contributed by atoms with Crippen molar-refractivity contribution >= 4 is 37.5 Å². The molecule has 4 heteroatoms. The Bertz CT molecular complexity index is 238. The average molecular weight is 271 g/mol. The number of hydrogen-bond donors (Lipinski definition) is 1. The van der Waals surface area contributed by atoms with Gasteiger partial charge < -0.3 is 5.73 Å². The molecule has 0 heterocycles. The van der Waals surface area contributed by atoms with Gasteiger partial charge in [0.25, 0.3) is 0 Å². The highest BCUT2D eigenvalue weighted by Gasteiger charge is 2.02. The van der Waals surface area contributed by atoms with Gasteiger partial charge in [0.1, 0.15) is 5.82 Å². The smallest absolute Gasteiger partial charge is 0.148 e. The van der Waals surface area contributed by atoms with Crippen LogP contribution in [0, 0.1) is 5.82 Å². The first-order valence-corrected chi connectivity index (χ1v) is 3.94. The fourth-order valence-corrected chi connectivity index (χ4v) is 1.47. The maximum atomic E-state index is 13.0. The molecule has 54 valence electrons. The van der Waals surface area contributed by atoms with E-state index in [1.165, 1.54) is 0 Å². The molecular weight excluding hydrogens is 265 g/mol. The average Bonchev–Trinajstić information content (AvgIpc) is 2.08. The van der Waals surface area contributed by atoms with Crippen LogP contribution in [0.3, 0.4) is 0 Å². The Morgan fingerprint density at radius 3 is 2.70 bits per heavy atom. The Hall–Kier alpha value is -0.0900. The minimum absolute atomic E-state index is 0.0149. The second-order valence-electron chi connectivity index (χ2n) is 1.61. The van der Waals surface area contributed by atoms with Crippen molar-refractivity contribution in [2.24, 2.45) is 0 Å². The summed E-state index contributed by atoms with van der Waals surface area (Å²) in [5, 5.41) is 0. The van der Waals surface area contributed by atoms with Gasteiger partial charge >= 0.3 is 0 Å². The molecule has 0 atom stereocenters. The molecule has 1 aromatic carbocycles. The van der Waals surface area contributed by atoms with Crippen molar-refractivity contribution in [1.29, 1.82) is 0 Å². The number of benzene rings is 1. The van der Waals surface area contributed by atoms with Gasteiger partial charge in [-0.1, -0.05) is 15.9 Å². The molecule has 0 aliphatic carbocycles. The molecule has 0 unspecified atom stereocenters. The fourth-order valence-electron chi connectivity index (χ4n) is 0.455. The lowest BCUT2D eigenvalue weighted by Crippen LogP contribution is -1.91. The van der Waals surface area contributed by atoms with Gasteiger partial charge in [0.05, 0.1) is 8.43 Å². The summed E-state index contributed by atoms with van der Waals surface area (Å²) in [7, 11) is 0. The molecule has 0 saturated heterocycles. The van der Waals surface area contributed by atoms with Crippen LogP contribution >= 0.6 is 31.9 Å². The second-order valence-corrected chi connectivity index (χ2v) is 3.19. The summed E-state index contributed by atoms with van der Waals surface area (Å²) in [4.78, 5) is 0. The molecule has 0 saturated carbocycles. The minimum atomic E-state index is -0.815. The molecule has 2 N–H and O–H groups in total. The van der Waals surface area contributed by atoms with Crippen LogP contribution in [-0.2, 0) is 0 Å². The normalized spacial score (nSPS) is 12.7. The van der Waals surface area contributed by atoms with Crippen molar-refractivity contribution in [3.63, 3.8) is 0 Å². The Morgan fingerprint density at radius 2 is 2.10 bits per heavy atom. The van der Waals surface area contributed by atoms with Crippen molar-refractivity contribution in [2.45, 2.75) is 0 Å². The summed E-state index contributed by atoms with van der Waals surface area (Å²) in [5.41, 5.74) is 5.07. The van der Waals surface area contributed by atoms with Crippen LogP contribution in [0.15, 0.2) is 21.0 Å². The van der Waals surface area contributed by atoms with Crippen molar-refractivity contribution in [3.8, 4) is 0 Å². The number of rotatable bonds is 0. The molecule has 0 aromatic heterocycles. The summed E-state index contributed by atoms with van der Waals surface area (Å²) in [5.74, 6) is -0.815. The van der Waals surface area contributed by atoms with Gasteiger partial charge in [0.2, 0.25) is 0 Å². The largest absolute Gasteiger partial charge is 0.395 e. The summed E-state index contributed by atoms with van der Waals surface area (Å²) in [6.07, 6.45) is 0. The molecule has 1 rings (SSSR count). The number of nitrogens with two attached hydrogens (primary N) is 1. The molecule has 0 radical (unpaired) electrons. The van der Waals surface area contributed by atoms with E-state index in [9.17, 15) is 4.39 Å². The fraction of sp³-hybridized carbons (Fsp3) is 0. The van der Waals surface area contributed by atoms with E-state index in [-0.39, 0.29) is 26.7 Å². The van der Waals surface area contributed by atoms with Gasteiger partial charge in [-0.15, -0.1) is 0 Å². The first-order chi connectivity index (χ1) is 5.46. The zero-order valence-electron chi connectivity index (χ0n) is 6.71. The Labute approximate surface area is 77.5 Å². The molecule has 1 aromatic rings. The number of hydrogen-bond acceptors (Lipinski definition) is 1. The van der Waals surface area contributed by atoms with Crippen LogP contribution in [0.1, 0.15) is 2.74 Å². The molecule has 0 bridgehead atoms. The summed E-state index contributed by atoms with van der Waals surface area (Å²) >= 11 is 5.86. The van der Waals surface area contributed by atoms with Gasteiger partial charge in [0, 0.05) is 8.95 Å². The van der Waals surface area contributed by atoms with Gasteiger partial charge in [0.15, 0.2) is 0 Å². The quantitative estimate of drug-likeness (QED) is 0.721. The summed E-state index contributed by atoms with van der Waals surface area (Å²) in [6.45, 7) is 0. The highest BCUT2D eigenvalue weighted by Crippen LogP contribution is 2.26. The maximum absolute atomic E-state index is 13.0. The van der Waals surface area contributed by atoms with Crippen molar-refractivity contribution in [2.75, 3.05) is 5.73 Å². The standard InChI is InChI=1S/C6H4Br2FN/c7-3-1-4(8)6(10)5(9)2-3/h1-2H,10H2/i1D,2D. The summed E-state index contributed by atoms with van der Waals surface area (Å²) < 4.78 is 27.8. The Balaban J connectivity index is 3.60. The SMILES string of the molecule is [2H]c1c(F)c(N)c(Br)c([2H])c1Br. The highest BCUT2D eigenvalue weighted by atomic mass is 79.9. The molecule has 0 fully saturated rings. The zero-order valence-corrected chi connectivity index (χ0v) is 7.88. The van der Waals surface area contributed by atoms with E-state index in [0.29, 0.717) is 0 Å². The topological polar surface area (TPSA) is 26.0 Å². The van der Waals surface area contributed by atoms with Crippen LogP contribution in [-0.4, -0.2) is 0 Å². The zero-order chi connectivity index (χ0) is 9.46. The van der Waals surface area contributed by atoms with E-state index in [2.05, 4.69) is 31.9 Å². The van der Waals surface area contributed by atoms with Crippen LogP contribution < -0.4 is 5.73 Å². The molecule has 1 nitrogen and oxygen atoms in total. The first-order valence-electron chi connectivity index (χ1n) is 3.36. The van der Waals surface area contributed by atoms with E-state index in [1.54, 1.807) is 0 Å². The highest BCUT2D eigenvalue weighted by molar-refractivity contribution is 9.11. The monoisotopic (exact) mass is 269 g/mol. The van der Waals surface area contributed by atoms with E-state index in [1.807, 2.05) is 0 Å². The number of anilines is 1. The lowest BCUT2D eigenvalue weighted by molar-refractivity contribution is 0.631. The Kier molecular flexibility index (Phi) is 1.60. The molecule has 0 aliphatic heterocycles. The minimum Gasteiger partial charge on any atom is -0.395 e. The van der Waals surface area contributed by atoms with Crippen molar-refractivity contribution in [1.82, 2.24) is 0 Å². The lowest BCUT2D eigenvalue weighted by Gasteiger charge is -1.99. The van der Waals surface area contributed by atoms with Gasteiger partial charge in [-0.2, -0.15) is 0 Å². The first kappa shape index (κ1) is 5.55. The third kappa shape index (κ3) is 1.49. The summed E-state index contributed by atoms with van der Waals surface area (Å²) in [6, 6.07) is -0.403. The Morgan fingerprint density at radius 1 is 1.50 bits per heavy atom. The third-order valence-electron chi connectivity index (χ3n) is 0.912. The van der Waals surface area contributed by atoms with E-state index in [4.69, 9.17) is 8.48 Å². The van der Waals surface area contributed by atoms with Crippen LogP contribution in [0.5, 0.6) is 0 Å². The van der Waals surface area contributed by atoms with Gasteiger partial charge in [-0.05, 0) is 28.0 Å². The molecular formula is C6H4Br2FN. The predicted molar refractivity (Wildman–Crippen MR) is 46.2 cm³/mol. The van der Waals surface area contributed by atoms with E-state index in [0.717, 1.165) is 0 Å². The second kappa shape index (κ2) is 2.88. The van der Waals surface area contributed by atoms with E-state index >= 15 is 0 Å². The maximum Gasteiger partial charge on any atom is 0.148 e. The van der Waals surface area contributed by atoms with Crippen LogP contribution in [0.2, 0.25) is 0 Å². The van der Waals surface area contributed by atoms with E-state index < -0.39 is 5.82 Å².